The van der Waals surface area contributed by atoms with Gasteiger partial charge in [-0.05, 0) is 36.5 Å². The second-order valence-electron chi connectivity index (χ2n) is 4.93. The molecule has 0 saturated heterocycles. The zero-order chi connectivity index (χ0) is 17.3. The van der Waals surface area contributed by atoms with Gasteiger partial charge in [-0.2, -0.15) is 0 Å². The van der Waals surface area contributed by atoms with Gasteiger partial charge in [0.15, 0.2) is 5.11 Å². The van der Waals surface area contributed by atoms with E-state index in [0.29, 0.717) is 15.7 Å². The summed E-state index contributed by atoms with van der Waals surface area (Å²) in [7, 11) is 0. The molecule has 8 heteroatoms. The summed E-state index contributed by atoms with van der Waals surface area (Å²) in [5.41, 5.74) is 2.17. The topological polar surface area (TPSA) is 54.0 Å². The first-order chi connectivity index (χ1) is 11.4. The third-order valence-electron chi connectivity index (χ3n) is 3.11. The molecule has 0 aliphatic carbocycles. The van der Waals surface area contributed by atoms with Gasteiger partial charge in [0, 0.05) is 17.5 Å². The highest BCUT2D eigenvalue weighted by molar-refractivity contribution is 7.80. The minimum absolute atomic E-state index is 0.161. The van der Waals surface area contributed by atoms with Gasteiger partial charge in [-0.1, -0.05) is 35.3 Å². The van der Waals surface area contributed by atoms with Crippen LogP contribution >= 0.6 is 46.8 Å². The Labute approximate surface area is 157 Å². The zero-order valence-electron chi connectivity index (χ0n) is 12.4. The Hall–Kier alpha value is -1.73. The molecule has 0 bridgehead atoms. The number of para-hydroxylation sites is 1. The highest BCUT2D eigenvalue weighted by Gasteiger charge is 2.16. The Kier molecular flexibility index (Phi) is 5.01. The summed E-state index contributed by atoms with van der Waals surface area (Å²) in [6.45, 7) is 1.38. The molecule has 0 fully saturated rings. The van der Waals surface area contributed by atoms with Crippen LogP contribution < -0.4 is 10.6 Å². The van der Waals surface area contributed by atoms with Crippen molar-refractivity contribution in [1.29, 1.82) is 0 Å². The Morgan fingerprint density at radius 2 is 2.00 bits per heavy atom. The third kappa shape index (κ3) is 3.67. The SMILES string of the molecule is CC(=O)NC(=S)Nc1c(Cl)cc(Cl)cc1-c1nc2ccccc2s1. The van der Waals surface area contributed by atoms with Crippen molar-refractivity contribution in [2.75, 3.05) is 5.32 Å². The first-order valence-corrected chi connectivity index (χ1v) is 8.85. The van der Waals surface area contributed by atoms with E-state index in [1.54, 1.807) is 12.1 Å². The fourth-order valence-electron chi connectivity index (χ4n) is 2.16. The number of halogens is 2. The Bertz CT molecular complexity index is 923. The van der Waals surface area contributed by atoms with Gasteiger partial charge in [0.25, 0.3) is 0 Å². The maximum absolute atomic E-state index is 11.2. The summed E-state index contributed by atoms with van der Waals surface area (Å²) in [5.74, 6) is -0.265. The van der Waals surface area contributed by atoms with Gasteiger partial charge < -0.3 is 10.6 Å². The number of hydrogen-bond donors (Lipinski definition) is 2. The van der Waals surface area contributed by atoms with Crippen LogP contribution in [0.2, 0.25) is 10.0 Å². The lowest BCUT2D eigenvalue weighted by atomic mass is 10.2. The van der Waals surface area contributed by atoms with Gasteiger partial charge in [-0.25, -0.2) is 4.98 Å². The molecule has 1 heterocycles. The summed E-state index contributed by atoms with van der Waals surface area (Å²) in [5, 5.41) is 7.27. The number of thiazole rings is 1. The molecular formula is C16H11Cl2N3OS2. The number of nitrogens with one attached hydrogen (secondary N) is 2. The molecule has 2 aromatic carbocycles. The number of amides is 1. The number of carbonyl (C=O) groups excluding carboxylic acids is 1. The van der Waals surface area contributed by atoms with Gasteiger partial charge in [0.05, 0.1) is 20.9 Å². The number of nitrogens with zero attached hydrogens (tertiary/aromatic N) is 1. The fraction of sp³-hybridized carbons (Fsp3) is 0.0625. The lowest BCUT2D eigenvalue weighted by Gasteiger charge is -2.14. The van der Waals surface area contributed by atoms with E-state index in [-0.39, 0.29) is 11.0 Å². The number of anilines is 1. The quantitative estimate of drug-likeness (QED) is 0.592. The predicted molar refractivity (Wildman–Crippen MR) is 105 cm³/mol. The summed E-state index contributed by atoms with van der Waals surface area (Å²) >= 11 is 19.1. The highest BCUT2D eigenvalue weighted by Crippen LogP contribution is 2.40. The van der Waals surface area contributed by atoms with E-state index in [1.165, 1.54) is 18.3 Å². The van der Waals surface area contributed by atoms with Crippen molar-refractivity contribution in [3.8, 4) is 10.6 Å². The van der Waals surface area contributed by atoms with E-state index in [1.807, 2.05) is 24.3 Å². The molecule has 1 amide bonds. The van der Waals surface area contributed by atoms with Crippen molar-refractivity contribution in [2.45, 2.75) is 6.92 Å². The van der Waals surface area contributed by atoms with Crippen LogP contribution in [0, 0.1) is 0 Å². The lowest BCUT2D eigenvalue weighted by molar-refractivity contribution is -0.117. The van der Waals surface area contributed by atoms with Crippen molar-refractivity contribution in [2.24, 2.45) is 0 Å². The normalized spacial score (nSPS) is 10.6. The van der Waals surface area contributed by atoms with Gasteiger partial charge >= 0.3 is 0 Å². The molecule has 24 heavy (non-hydrogen) atoms. The summed E-state index contributed by atoms with van der Waals surface area (Å²) in [6.07, 6.45) is 0. The number of carbonyl (C=O) groups is 1. The van der Waals surface area contributed by atoms with Crippen molar-refractivity contribution >= 4 is 73.7 Å². The van der Waals surface area contributed by atoms with Gasteiger partial charge in [0.1, 0.15) is 5.01 Å². The molecular weight excluding hydrogens is 385 g/mol. The lowest BCUT2D eigenvalue weighted by Crippen LogP contribution is -2.32. The first kappa shape index (κ1) is 17.1. The van der Waals surface area contributed by atoms with Crippen LogP contribution in [0.4, 0.5) is 5.69 Å². The minimum atomic E-state index is -0.265. The van der Waals surface area contributed by atoms with E-state index in [2.05, 4.69) is 15.6 Å². The summed E-state index contributed by atoms with van der Waals surface area (Å²) in [4.78, 5) is 15.8. The minimum Gasteiger partial charge on any atom is -0.331 e. The van der Waals surface area contributed by atoms with Crippen LogP contribution in [0.25, 0.3) is 20.8 Å². The predicted octanol–water partition coefficient (Wildman–Crippen LogP) is 5.10. The number of aromatic nitrogens is 1. The largest absolute Gasteiger partial charge is 0.331 e. The Morgan fingerprint density at radius 3 is 2.71 bits per heavy atom. The van der Waals surface area contributed by atoms with Crippen LogP contribution in [-0.4, -0.2) is 16.0 Å². The molecule has 0 aliphatic rings. The number of fused-ring (bicyclic) bond motifs is 1. The molecule has 3 aromatic rings. The third-order valence-corrected chi connectivity index (χ3v) is 4.90. The van der Waals surface area contributed by atoms with Crippen LogP contribution in [0.3, 0.4) is 0 Å². The Balaban J connectivity index is 2.08. The smallest absolute Gasteiger partial charge is 0.222 e. The van der Waals surface area contributed by atoms with E-state index >= 15 is 0 Å². The number of hydrogen-bond acceptors (Lipinski definition) is 4. The monoisotopic (exact) mass is 395 g/mol. The van der Waals surface area contributed by atoms with E-state index in [0.717, 1.165) is 20.8 Å². The number of benzene rings is 2. The van der Waals surface area contributed by atoms with E-state index in [9.17, 15) is 4.79 Å². The zero-order valence-corrected chi connectivity index (χ0v) is 15.5. The molecule has 122 valence electrons. The average molecular weight is 396 g/mol. The molecule has 4 nitrogen and oxygen atoms in total. The van der Waals surface area contributed by atoms with Crippen LogP contribution in [0.1, 0.15) is 6.92 Å². The second kappa shape index (κ2) is 7.03. The van der Waals surface area contributed by atoms with Crippen molar-refractivity contribution in [3.05, 3.63) is 46.4 Å². The Morgan fingerprint density at radius 1 is 1.25 bits per heavy atom. The standard InChI is InChI=1S/C16H11Cl2N3OS2/c1-8(22)19-16(23)21-14-10(6-9(17)7-11(14)18)15-20-12-4-2-3-5-13(12)24-15/h2-7H,1H3,(H2,19,21,22,23). The summed E-state index contributed by atoms with van der Waals surface area (Å²) in [6, 6.07) is 11.2. The molecule has 0 saturated carbocycles. The van der Waals surface area contributed by atoms with Gasteiger partial charge in [-0.3, -0.25) is 4.79 Å². The van der Waals surface area contributed by atoms with Gasteiger partial charge in [-0.15, -0.1) is 11.3 Å². The molecule has 1 aromatic heterocycles. The van der Waals surface area contributed by atoms with Crippen LogP contribution in [0.5, 0.6) is 0 Å². The highest BCUT2D eigenvalue weighted by atomic mass is 35.5. The maximum atomic E-state index is 11.2. The van der Waals surface area contributed by atoms with Crippen LogP contribution in [0.15, 0.2) is 36.4 Å². The van der Waals surface area contributed by atoms with Crippen LogP contribution in [-0.2, 0) is 4.79 Å². The fourth-order valence-corrected chi connectivity index (χ4v) is 3.94. The van der Waals surface area contributed by atoms with E-state index in [4.69, 9.17) is 35.4 Å². The molecule has 0 atom stereocenters. The average Bonchev–Trinajstić information content (AvgIpc) is 2.92. The second-order valence-corrected chi connectivity index (χ2v) is 7.21. The number of rotatable bonds is 2. The van der Waals surface area contributed by atoms with Crippen molar-refractivity contribution < 1.29 is 4.79 Å². The van der Waals surface area contributed by atoms with Crippen molar-refractivity contribution in [1.82, 2.24) is 10.3 Å². The van der Waals surface area contributed by atoms with E-state index < -0.39 is 0 Å². The molecule has 0 radical (unpaired) electrons. The molecule has 0 spiro atoms. The molecule has 3 rings (SSSR count). The van der Waals surface area contributed by atoms with Gasteiger partial charge in [0.2, 0.25) is 5.91 Å². The molecule has 0 aliphatic heterocycles. The maximum Gasteiger partial charge on any atom is 0.222 e. The summed E-state index contributed by atoms with van der Waals surface area (Å²) < 4.78 is 1.05. The number of thiocarbonyl (C=S) groups is 1. The first-order valence-electron chi connectivity index (χ1n) is 6.87. The molecule has 0 unspecified atom stereocenters. The van der Waals surface area contributed by atoms with Crippen molar-refractivity contribution in [3.63, 3.8) is 0 Å². The molecule has 2 N–H and O–H groups in total.